The average molecular weight is 235 g/mol. The van der Waals surface area contributed by atoms with E-state index >= 15 is 0 Å². The van der Waals surface area contributed by atoms with E-state index in [4.69, 9.17) is 10.5 Å². The second-order valence-corrected chi connectivity index (χ2v) is 4.67. The molecule has 2 rings (SSSR count). The van der Waals surface area contributed by atoms with E-state index < -0.39 is 0 Å². The number of hydrogen-bond donors (Lipinski definition) is 2. The zero-order valence-corrected chi connectivity index (χ0v) is 10.1. The van der Waals surface area contributed by atoms with E-state index in [0.717, 1.165) is 38.0 Å². The fourth-order valence-corrected chi connectivity index (χ4v) is 2.35. The van der Waals surface area contributed by atoms with Gasteiger partial charge in [-0.3, -0.25) is 0 Å². The van der Waals surface area contributed by atoms with Gasteiger partial charge in [0.1, 0.15) is 0 Å². The van der Waals surface area contributed by atoms with E-state index in [1.807, 2.05) is 12.1 Å². The molecule has 1 aliphatic rings. The van der Waals surface area contributed by atoms with Crippen molar-refractivity contribution in [3.63, 3.8) is 0 Å². The summed E-state index contributed by atoms with van der Waals surface area (Å²) in [5.41, 5.74) is 7.76. The summed E-state index contributed by atoms with van der Waals surface area (Å²) in [6, 6.07) is 8.16. The van der Waals surface area contributed by atoms with Gasteiger partial charge < -0.3 is 15.6 Å². The highest BCUT2D eigenvalue weighted by molar-refractivity contribution is 5.24. The molecule has 1 fully saturated rings. The van der Waals surface area contributed by atoms with Gasteiger partial charge in [-0.1, -0.05) is 24.3 Å². The van der Waals surface area contributed by atoms with Gasteiger partial charge in [-0.05, 0) is 42.9 Å². The molecule has 17 heavy (non-hydrogen) atoms. The predicted octanol–water partition coefficient (Wildman–Crippen LogP) is 1.65. The van der Waals surface area contributed by atoms with Crippen LogP contribution in [0.4, 0.5) is 0 Å². The maximum Gasteiger partial charge on any atom is 0.0819 e. The summed E-state index contributed by atoms with van der Waals surface area (Å²) in [4.78, 5) is 0. The van der Waals surface area contributed by atoms with Crippen LogP contribution >= 0.6 is 0 Å². The second-order valence-electron chi connectivity index (χ2n) is 4.67. The molecule has 3 nitrogen and oxygen atoms in total. The molecule has 1 saturated heterocycles. The van der Waals surface area contributed by atoms with Gasteiger partial charge in [-0.15, -0.1) is 0 Å². The Labute approximate surface area is 103 Å². The van der Waals surface area contributed by atoms with Gasteiger partial charge in [0, 0.05) is 13.2 Å². The number of aliphatic hydroxyl groups excluding tert-OH is 1. The minimum atomic E-state index is -0.356. The quantitative estimate of drug-likeness (QED) is 0.834. The number of rotatable bonds is 4. The monoisotopic (exact) mass is 235 g/mol. The van der Waals surface area contributed by atoms with Crippen molar-refractivity contribution in [3.8, 4) is 0 Å². The fraction of sp³-hybridized carbons (Fsp3) is 0.571. The summed E-state index contributed by atoms with van der Waals surface area (Å²) in [6.07, 6.45) is 2.44. The van der Waals surface area contributed by atoms with Crippen molar-refractivity contribution >= 4 is 0 Å². The standard InChI is InChI=1S/C14H21NO2/c15-8-5-11-1-3-12(4-2-11)14(16)13-6-9-17-10-7-13/h1-4,13-14,16H,5-10,15H2. The van der Waals surface area contributed by atoms with Crippen LogP contribution in [-0.4, -0.2) is 24.9 Å². The molecule has 1 aromatic rings. The van der Waals surface area contributed by atoms with Gasteiger partial charge in [0.2, 0.25) is 0 Å². The Balaban J connectivity index is 2.00. The summed E-state index contributed by atoms with van der Waals surface area (Å²) >= 11 is 0. The van der Waals surface area contributed by atoms with Crippen LogP contribution in [0.2, 0.25) is 0 Å². The van der Waals surface area contributed by atoms with E-state index in [-0.39, 0.29) is 6.10 Å². The maximum absolute atomic E-state index is 10.3. The first-order valence-corrected chi connectivity index (χ1v) is 6.36. The van der Waals surface area contributed by atoms with Crippen molar-refractivity contribution in [2.45, 2.75) is 25.4 Å². The van der Waals surface area contributed by atoms with Crippen molar-refractivity contribution in [2.75, 3.05) is 19.8 Å². The number of nitrogens with two attached hydrogens (primary N) is 1. The highest BCUT2D eigenvalue weighted by Crippen LogP contribution is 2.29. The lowest BCUT2D eigenvalue weighted by atomic mass is 9.89. The van der Waals surface area contributed by atoms with Gasteiger partial charge in [-0.25, -0.2) is 0 Å². The molecule has 0 bridgehead atoms. The molecule has 0 saturated carbocycles. The summed E-state index contributed by atoms with van der Waals surface area (Å²) < 4.78 is 5.31. The summed E-state index contributed by atoms with van der Waals surface area (Å²) in [5, 5.41) is 10.3. The predicted molar refractivity (Wildman–Crippen MR) is 67.7 cm³/mol. The molecular weight excluding hydrogens is 214 g/mol. The van der Waals surface area contributed by atoms with Crippen LogP contribution in [0.15, 0.2) is 24.3 Å². The second kappa shape index (κ2) is 6.15. The van der Waals surface area contributed by atoms with Gasteiger partial charge >= 0.3 is 0 Å². The molecule has 1 aliphatic heterocycles. The lowest BCUT2D eigenvalue weighted by Crippen LogP contribution is -2.21. The summed E-state index contributed by atoms with van der Waals surface area (Å²) in [6.45, 7) is 2.21. The van der Waals surface area contributed by atoms with E-state index in [9.17, 15) is 5.11 Å². The molecule has 1 atom stereocenters. The number of hydrogen-bond acceptors (Lipinski definition) is 3. The highest BCUT2D eigenvalue weighted by Gasteiger charge is 2.23. The zero-order chi connectivity index (χ0) is 12.1. The van der Waals surface area contributed by atoms with E-state index in [0.29, 0.717) is 12.5 Å². The third kappa shape index (κ3) is 3.28. The molecule has 0 amide bonds. The Morgan fingerprint density at radius 1 is 1.24 bits per heavy atom. The molecule has 0 aliphatic carbocycles. The van der Waals surface area contributed by atoms with Gasteiger partial charge in [0.15, 0.2) is 0 Å². The van der Waals surface area contributed by atoms with Crippen LogP contribution in [0.1, 0.15) is 30.1 Å². The Kier molecular flexibility index (Phi) is 4.54. The zero-order valence-electron chi connectivity index (χ0n) is 10.1. The Morgan fingerprint density at radius 2 is 1.88 bits per heavy atom. The topological polar surface area (TPSA) is 55.5 Å². The molecule has 1 heterocycles. The average Bonchev–Trinajstić information content (AvgIpc) is 2.40. The first-order chi connectivity index (χ1) is 8.31. The smallest absolute Gasteiger partial charge is 0.0819 e. The van der Waals surface area contributed by atoms with Crippen molar-refractivity contribution in [1.82, 2.24) is 0 Å². The lowest BCUT2D eigenvalue weighted by molar-refractivity contribution is 0.00718. The lowest BCUT2D eigenvalue weighted by Gasteiger charge is -2.27. The molecule has 1 unspecified atom stereocenters. The molecule has 0 spiro atoms. The van der Waals surface area contributed by atoms with E-state index in [1.54, 1.807) is 0 Å². The van der Waals surface area contributed by atoms with Crippen LogP contribution in [0.3, 0.4) is 0 Å². The normalized spacial score (nSPS) is 19.2. The minimum absolute atomic E-state index is 0.337. The van der Waals surface area contributed by atoms with Gasteiger partial charge in [-0.2, -0.15) is 0 Å². The Bertz CT molecular complexity index is 331. The van der Waals surface area contributed by atoms with Crippen LogP contribution in [0.5, 0.6) is 0 Å². The number of aliphatic hydroxyl groups is 1. The number of ether oxygens (including phenoxy) is 1. The first kappa shape index (κ1) is 12.6. The van der Waals surface area contributed by atoms with Gasteiger partial charge in [0.25, 0.3) is 0 Å². The molecule has 94 valence electrons. The van der Waals surface area contributed by atoms with Crippen molar-refractivity contribution < 1.29 is 9.84 Å². The third-order valence-electron chi connectivity index (χ3n) is 3.47. The Morgan fingerprint density at radius 3 is 2.47 bits per heavy atom. The summed E-state index contributed by atoms with van der Waals surface area (Å²) in [5.74, 6) is 0.337. The molecule has 3 heteroatoms. The Hall–Kier alpha value is -0.900. The van der Waals surface area contributed by atoms with Crippen LogP contribution in [0, 0.1) is 5.92 Å². The summed E-state index contributed by atoms with van der Waals surface area (Å²) in [7, 11) is 0. The fourth-order valence-electron chi connectivity index (χ4n) is 2.35. The first-order valence-electron chi connectivity index (χ1n) is 6.36. The molecule has 0 aromatic heterocycles. The molecular formula is C14H21NO2. The van der Waals surface area contributed by atoms with E-state index in [2.05, 4.69) is 12.1 Å². The number of benzene rings is 1. The van der Waals surface area contributed by atoms with Gasteiger partial charge in [0.05, 0.1) is 6.10 Å². The van der Waals surface area contributed by atoms with Crippen molar-refractivity contribution in [1.29, 1.82) is 0 Å². The maximum atomic E-state index is 10.3. The van der Waals surface area contributed by atoms with Crippen LogP contribution in [0.25, 0.3) is 0 Å². The SMILES string of the molecule is NCCc1ccc(C(O)C2CCOCC2)cc1. The van der Waals surface area contributed by atoms with Crippen molar-refractivity contribution in [2.24, 2.45) is 11.7 Å². The molecule has 3 N–H and O–H groups in total. The van der Waals surface area contributed by atoms with Crippen molar-refractivity contribution in [3.05, 3.63) is 35.4 Å². The molecule has 0 radical (unpaired) electrons. The minimum Gasteiger partial charge on any atom is -0.388 e. The molecule has 1 aromatic carbocycles. The van der Waals surface area contributed by atoms with Crippen LogP contribution in [-0.2, 0) is 11.2 Å². The third-order valence-corrected chi connectivity index (χ3v) is 3.47. The van der Waals surface area contributed by atoms with E-state index in [1.165, 1.54) is 5.56 Å². The largest absolute Gasteiger partial charge is 0.388 e. The highest BCUT2D eigenvalue weighted by atomic mass is 16.5. The van der Waals surface area contributed by atoms with Crippen LogP contribution < -0.4 is 5.73 Å².